The van der Waals surface area contributed by atoms with E-state index >= 15 is 0 Å². The first kappa shape index (κ1) is 9.50. The van der Waals surface area contributed by atoms with Gasteiger partial charge in [0.25, 0.3) is 0 Å². The Kier molecular flexibility index (Phi) is 3.02. The summed E-state index contributed by atoms with van der Waals surface area (Å²) in [4.78, 5) is 0. The van der Waals surface area contributed by atoms with Gasteiger partial charge in [0.05, 0.1) is 6.61 Å². The van der Waals surface area contributed by atoms with Gasteiger partial charge < -0.3 is 4.74 Å². The summed E-state index contributed by atoms with van der Waals surface area (Å²) in [6.45, 7) is 0.668. The molecule has 1 nitrogen and oxygen atoms in total. The number of rotatable bonds is 3. The van der Waals surface area contributed by atoms with Crippen LogP contribution in [0.2, 0.25) is 0 Å². The van der Waals surface area contributed by atoms with Crippen LogP contribution in [0.1, 0.15) is 25.7 Å². The molecule has 2 heteroatoms. The molecule has 1 saturated carbocycles. The van der Waals surface area contributed by atoms with Gasteiger partial charge in [0.2, 0.25) is 0 Å². The monoisotopic (exact) mass is 194 g/mol. The molecular weight excluding hydrogens is 179 g/mol. The molecule has 1 aliphatic rings. The maximum absolute atomic E-state index is 13.1. The van der Waals surface area contributed by atoms with Gasteiger partial charge >= 0.3 is 0 Å². The van der Waals surface area contributed by atoms with E-state index in [2.05, 4.69) is 0 Å². The molecular formula is C12H15FO. The van der Waals surface area contributed by atoms with Crippen LogP contribution in [-0.4, -0.2) is 6.61 Å². The Hall–Kier alpha value is -1.05. The van der Waals surface area contributed by atoms with Crippen molar-refractivity contribution in [1.29, 1.82) is 0 Å². The molecule has 0 aromatic heterocycles. The highest BCUT2D eigenvalue weighted by molar-refractivity contribution is 5.23. The van der Waals surface area contributed by atoms with Crippen molar-refractivity contribution in [3.05, 3.63) is 30.1 Å². The van der Waals surface area contributed by atoms with Gasteiger partial charge in [-0.15, -0.1) is 0 Å². The Morgan fingerprint density at radius 3 is 2.64 bits per heavy atom. The van der Waals surface area contributed by atoms with Crippen LogP contribution >= 0.6 is 0 Å². The van der Waals surface area contributed by atoms with Crippen molar-refractivity contribution in [1.82, 2.24) is 0 Å². The summed E-state index contributed by atoms with van der Waals surface area (Å²) in [5, 5.41) is 0. The smallest absolute Gasteiger partial charge is 0.165 e. The second-order valence-corrected chi connectivity index (χ2v) is 3.89. The van der Waals surface area contributed by atoms with E-state index in [-0.39, 0.29) is 5.82 Å². The molecule has 1 aliphatic carbocycles. The summed E-state index contributed by atoms with van der Waals surface area (Å²) < 4.78 is 18.6. The predicted octanol–water partition coefficient (Wildman–Crippen LogP) is 3.39. The fourth-order valence-electron chi connectivity index (χ4n) is 1.95. The van der Waals surface area contributed by atoms with E-state index in [0.29, 0.717) is 18.3 Å². The third kappa shape index (κ3) is 2.25. The molecule has 0 amide bonds. The molecule has 0 spiro atoms. The fraction of sp³-hybridized carbons (Fsp3) is 0.500. The van der Waals surface area contributed by atoms with Crippen LogP contribution in [0.15, 0.2) is 24.3 Å². The van der Waals surface area contributed by atoms with Gasteiger partial charge in [0.15, 0.2) is 11.6 Å². The molecule has 0 saturated heterocycles. The standard InChI is InChI=1S/C12H15FO/c13-11-7-3-4-8-12(11)14-9-10-5-1-2-6-10/h3-4,7-8,10H,1-2,5-6,9H2. The van der Waals surface area contributed by atoms with Crippen molar-refractivity contribution in [3.8, 4) is 5.75 Å². The van der Waals surface area contributed by atoms with Gasteiger partial charge in [-0.3, -0.25) is 0 Å². The van der Waals surface area contributed by atoms with E-state index in [1.54, 1.807) is 18.2 Å². The van der Waals surface area contributed by atoms with Crippen LogP contribution in [0.4, 0.5) is 4.39 Å². The van der Waals surface area contributed by atoms with Crippen molar-refractivity contribution in [2.45, 2.75) is 25.7 Å². The van der Waals surface area contributed by atoms with Crippen LogP contribution in [0.3, 0.4) is 0 Å². The molecule has 1 aromatic carbocycles. The number of benzene rings is 1. The van der Waals surface area contributed by atoms with Crippen LogP contribution in [0.5, 0.6) is 5.75 Å². The van der Waals surface area contributed by atoms with Crippen LogP contribution in [0.25, 0.3) is 0 Å². The Morgan fingerprint density at radius 2 is 1.93 bits per heavy atom. The van der Waals surface area contributed by atoms with Crippen molar-refractivity contribution in [3.63, 3.8) is 0 Å². The second kappa shape index (κ2) is 4.45. The van der Waals surface area contributed by atoms with Crippen LogP contribution in [-0.2, 0) is 0 Å². The molecule has 0 heterocycles. The van der Waals surface area contributed by atoms with Crippen molar-refractivity contribution < 1.29 is 9.13 Å². The van der Waals surface area contributed by atoms with Crippen LogP contribution in [0, 0.1) is 11.7 Å². The first-order valence-corrected chi connectivity index (χ1v) is 5.23. The van der Waals surface area contributed by atoms with Gasteiger partial charge in [-0.05, 0) is 30.9 Å². The summed E-state index contributed by atoms with van der Waals surface area (Å²) in [5.41, 5.74) is 0. The normalized spacial score (nSPS) is 17.2. The summed E-state index contributed by atoms with van der Waals surface area (Å²) in [7, 11) is 0. The Labute approximate surface area is 83.9 Å². The third-order valence-electron chi connectivity index (χ3n) is 2.79. The van der Waals surface area contributed by atoms with E-state index in [1.807, 2.05) is 0 Å². The molecule has 0 radical (unpaired) electrons. The number of hydrogen-bond acceptors (Lipinski definition) is 1. The maximum Gasteiger partial charge on any atom is 0.165 e. The lowest BCUT2D eigenvalue weighted by Gasteiger charge is -2.11. The van der Waals surface area contributed by atoms with Crippen molar-refractivity contribution >= 4 is 0 Å². The lowest BCUT2D eigenvalue weighted by atomic mass is 10.1. The lowest BCUT2D eigenvalue weighted by molar-refractivity contribution is 0.242. The molecule has 0 N–H and O–H groups in total. The third-order valence-corrected chi connectivity index (χ3v) is 2.79. The Balaban J connectivity index is 1.88. The SMILES string of the molecule is Fc1ccccc1OCC1CCCC1. The summed E-state index contributed by atoms with van der Waals surface area (Å²) in [5.74, 6) is 0.763. The van der Waals surface area contributed by atoms with E-state index in [4.69, 9.17) is 4.74 Å². The molecule has 0 atom stereocenters. The summed E-state index contributed by atoms with van der Waals surface area (Å²) in [6.07, 6.45) is 5.06. The zero-order valence-electron chi connectivity index (χ0n) is 8.21. The predicted molar refractivity (Wildman–Crippen MR) is 53.9 cm³/mol. The molecule has 76 valence electrons. The van der Waals surface area contributed by atoms with Gasteiger partial charge in [0.1, 0.15) is 0 Å². The minimum atomic E-state index is -0.259. The van der Waals surface area contributed by atoms with Gasteiger partial charge in [-0.1, -0.05) is 25.0 Å². The first-order valence-electron chi connectivity index (χ1n) is 5.23. The minimum absolute atomic E-state index is 0.259. The van der Waals surface area contributed by atoms with E-state index in [9.17, 15) is 4.39 Å². The summed E-state index contributed by atoms with van der Waals surface area (Å²) >= 11 is 0. The van der Waals surface area contributed by atoms with E-state index in [0.717, 1.165) is 0 Å². The number of para-hydroxylation sites is 1. The molecule has 0 unspecified atom stereocenters. The van der Waals surface area contributed by atoms with E-state index < -0.39 is 0 Å². The number of halogens is 1. The lowest BCUT2D eigenvalue weighted by Crippen LogP contribution is -2.08. The van der Waals surface area contributed by atoms with Crippen molar-refractivity contribution in [2.24, 2.45) is 5.92 Å². The average Bonchev–Trinajstić information content (AvgIpc) is 2.69. The number of hydrogen-bond donors (Lipinski definition) is 0. The second-order valence-electron chi connectivity index (χ2n) is 3.89. The van der Waals surface area contributed by atoms with Gasteiger partial charge in [-0.25, -0.2) is 4.39 Å². The highest BCUT2D eigenvalue weighted by Crippen LogP contribution is 2.26. The largest absolute Gasteiger partial charge is 0.490 e. The highest BCUT2D eigenvalue weighted by Gasteiger charge is 2.15. The van der Waals surface area contributed by atoms with Gasteiger partial charge in [-0.2, -0.15) is 0 Å². The quantitative estimate of drug-likeness (QED) is 0.716. The first-order chi connectivity index (χ1) is 6.86. The summed E-state index contributed by atoms with van der Waals surface area (Å²) in [6, 6.07) is 6.60. The zero-order valence-corrected chi connectivity index (χ0v) is 8.21. The maximum atomic E-state index is 13.1. The van der Waals surface area contributed by atoms with E-state index in [1.165, 1.54) is 31.7 Å². The van der Waals surface area contributed by atoms with Crippen LogP contribution < -0.4 is 4.74 Å². The molecule has 0 bridgehead atoms. The molecule has 1 fully saturated rings. The van der Waals surface area contributed by atoms with Crippen molar-refractivity contribution in [2.75, 3.05) is 6.61 Å². The van der Waals surface area contributed by atoms with Gasteiger partial charge in [0, 0.05) is 0 Å². The number of ether oxygens (including phenoxy) is 1. The fourth-order valence-corrected chi connectivity index (χ4v) is 1.95. The minimum Gasteiger partial charge on any atom is -0.490 e. The average molecular weight is 194 g/mol. The Bertz CT molecular complexity index is 292. The highest BCUT2D eigenvalue weighted by atomic mass is 19.1. The molecule has 2 rings (SSSR count). The molecule has 14 heavy (non-hydrogen) atoms. The zero-order chi connectivity index (χ0) is 9.80. The topological polar surface area (TPSA) is 9.23 Å². The molecule has 0 aliphatic heterocycles. The Morgan fingerprint density at radius 1 is 1.21 bits per heavy atom. The molecule has 1 aromatic rings.